The minimum absolute atomic E-state index is 0.319. The van der Waals surface area contributed by atoms with Gasteiger partial charge in [-0.1, -0.05) is 24.3 Å². The summed E-state index contributed by atoms with van der Waals surface area (Å²) in [4.78, 5) is 11.8. The molecule has 0 radical (unpaired) electrons. The Kier molecular flexibility index (Phi) is 0.865. The lowest BCUT2D eigenvalue weighted by atomic mass is 9.74. The Labute approximate surface area is 87.7 Å². The molecule has 1 aliphatic heterocycles. The van der Waals surface area contributed by atoms with Crippen molar-refractivity contribution in [2.24, 2.45) is 17.8 Å². The highest BCUT2D eigenvalue weighted by atomic mass is 16.2. The first-order valence-electron chi connectivity index (χ1n) is 5.77. The van der Waals surface area contributed by atoms with E-state index in [1.165, 1.54) is 5.56 Å². The third-order valence-electron chi connectivity index (χ3n) is 5.06. The smallest absolute Gasteiger partial charge is 0.224 e. The Hall–Kier alpha value is -1.31. The summed E-state index contributed by atoms with van der Waals surface area (Å²) in [5, 5.41) is 3.18. The van der Waals surface area contributed by atoms with Gasteiger partial charge in [0, 0.05) is 12.0 Å². The van der Waals surface area contributed by atoms with E-state index in [9.17, 15) is 4.79 Å². The van der Waals surface area contributed by atoms with Gasteiger partial charge in [0.2, 0.25) is 5.91 Å². The molecule has 6 rings (SSSR count). The van der Waals surface area contributed by atoms with Crippen molar-refractivity contribution in [2.45, 2.75) is 17.9 Å². The maximum atomic E-state index is 11.8. The Bertz CT molecular complexity index is 509. The molecule has 1 aromatic rings. The van der Waals surface area contributed by atoms with Gasteiger partial charge in [-0.3, -0.25) is 4.79 Å². The summed E-state index contributed by atoms with van der Waals surface area (Å²) in [5.74, 6) is 3.34. The summed E-state index contributed by atoms with van der Waals surface area (Å²) in [7, 11) is 0. The molecule has 15 heavy (non-hydrogen) atoms. The molecular formula is C13H11NO. The highest BCUT2D eigenvalue weighted by molar-refractivity contribution is 5.88. The fraction of sp³-hybridized carbons (Fsp3) is 0.462. The van der Waals surface area contributed by atoms with Crippen LogP contribution in [0.4, 0.5) is 0 Å². The van der Waals surface area contributed by atoms with Crippen molar-refractivity contribution in [3.63, 3.8) is 0 Å². The average Bonchev–Trinajstić information content (AvgIpc) is 2.84. The van der Waals surface area contributed by atoms with Crippen LogP contribution >= 0.6 is 0 Å². The van der Waals surface area contributed by atoms with Gasteiger partial charge in [-0.25, -0.2) is 0 Å². The monoisotopic (exact) mass is 197 g/mol. The third kappa shape index (κ3) is 0.543. The topological polar surface area (TPSA) is 29.1 Å². The van der Waals surface area contributed by atoms with E-state index in [2.05, 4.69) is 29.6 Å². The third-order valence-corrected chi connectivity index (χ3v) is 5.06. The molecule has 1 heterocycles. The van der Waals surface area contributed by atoms with Crippen molar-refractivity contribution in [2.75, 3.05) is 0 Å². The Balaban J connectivity index is 1.84. The van der Waals surface area contributed by atoms with Crippen LogP contribution in [0.5, 0.6) is 0 Å². The van der Waals surface area contributed by atoms with Crippen LogP contribution in [0.25, 0.3) is 0 Å². The fourth-order valence-corrected chi connectivity index (χ4v) is 4.69. The summed E-state index contributed by atoms with van der Waals surface area (Å²) >= 11 is 0. The van der Waals surface area contributed by atoms with Gasteiger partial charge in [0.1, 0.15) is 0 Å². The number of carbonyl (C=O) groups is 1. The number of hydrogen-bond donors (Lipinski definition) is 1. The molecule has 2 saturated carbocycles. The lowest BCUT2D eigenvalue weighted by Crippen LogP contribution is -2.33. The molecule has 5 aliphatic rings. The van der Waals surface area contributed by atoms with Crippen LogP contribution in [0.2, 0.25) is 0 Å². The maximum Gasteiger partial charge on any atom is 0.224 e. The quantitative estimate of drug-likeness (QED) is 0.666. The first kappa shape index (κ1) is 7.04. The minimum atomic E-state index is 0.319. The number of nitrogens with one attached hydrogen (secondary N) is 1. The van der Waals surface area contributed by atoms with Crippen LogP contribution in [-0.2, 0) is 4.79 Å². The van der Waals surface area contributed by atoms with E-state index >= 15 is 0 Å². The Morgan fingerprint density at radius 3 is 2.40 bits per heavy atom. The van der Waals surface area contributed by atoms with E-state index in [1.54, 1.807) is 5.56 Å². The van der Waals surface area contributed by atoms with Crippen molar-refractivity contribution in [1.29, 1.82) is 0 Å². The van der Waals surface area contributed by atoms with Gasteiger partial charge in [0.15, 0.2) is 0 Å². The molecule has 0 aromatic heterocycles. The number of benzene rings is 1. The van der Waals surface area contributed by atoms with Crippen molar-refractivity contribution >= 4 is 5.91 Å². The average molecular weight is 197 g/mol. The highest BCUT2D eigenvalue weighted by Crippen LogP contribution is 2.76. The summed E-state index contributed by atoms with van der Waals surface area (Å²) in [6.45, 7) is 0. The van der Waals surface area contributed by atoms with Crippen LogP contribution in [0.15, 0.2) is 24.3 Å². The molecule has 1 aromatic carbocycles. The van der Waals surface area contributed by atoms with Crippen molar-refractivity contribution in [1.82, 2.24) is 5.32 Å². The number of hydrogen-bond acceptors (Lipinski definition) is 1. The van der Waals surface area contributed by atoms with Gasteiger partial charge in [0.05, 0.1) is 5.92 Å². The van der Waals surface area contributed by atoms with Gasteiger partial charge >= 0.3 is 0 Å². The van der Waals surface area contributed by atoms with Gasteiger partial charge in [-0.2, -0.15) is 0 Å². The van der Waals surface area contributed by atoms with E-state index in [-0.39, 0.29) is 0 Å². The van der Waals surface area contributed by atoms with Crippen LogP contribution in [0.3, 0.4) is 0 Å². The van der Waals surface area contributed by atoms with Crippen molar-refractivity contribution < 1.29 is 4.79 Å². The molecule has 1 saturated heterocycles. The van der Waals surface area contributed by atoms with Gasteiger partial charge in [-0.05, 0) is 28.9 Å². The second-order valence-electron chi connectivity index (χ2n) is 5.40. The molecule has 2 heteroatoms. The molecule has 1 N–H and O–H groups in total. The first-order chi connectivity index (χ1) is 7.38. The molecule has 4 aliphatic carbocycles. The zero-order valence-electron chi connectivity index (χ0n) is 8.18. The molecule has 0 spiro atoms. The normalized spacial score (nSPS) is 51.3. The molecular weight excluding hydrogens is 186 g/mol. The first-order valence-corrected chi connectivity index (χ1v) is 5.77. The maximum absolute atomic E-state index is 11.8. The fourth-order valence-electron chi connectivity index (χ4n) is 4.69. The number of amides is 1. The molecule has 6 unspecified atom stereocenters. The summed E-state index contributed by atoms with van der Waals surface area (Å²) < 4.78 is 0. The SMILES string of the molecule is O=C1NC2C3c4ccccc4C4C2C4C13. The molecule has 6 atom stereocenters. The van der Waals surface area contributed by atoms with Gasteiger partial charge < -0.3 is 5.32 Å². The molecule has 1 amide bonds. The summed E-state index contributed by atoms with van der Waals surface area (Å²) in [5.41, 5.74) is 3.00. The number of carbonyl (C=O) groups excluding carboxylic acids is 1. The molecule has 6 bridgehead atoms. The zero-order valence-corrected chi connectivity index (χ0v) is 8.18. The van der Waals surface area contributed by atoms with Crippen molar-refractivity contribution in [3.05, 3.63) is 35.4 Å². The van der Waals surface area contributed by atoms with E-state index in [4.69, 9.17) is 0 Å². The molecule has 74 valence electrons. The van der Waals surface area contributed by atoms with Crippen LogP contribution < -0.4 is 5.32 Å². The zero-order chi connectivity index (χ0) is 9.73. The Morgan fingerprint density at radius 1 is 0.933 bits per heavy atom. The van der Waals surface area contributed by atoms with Crippen LogP contribution in [0.1, 0.15) is 23.0 Å². The number of piperidine rings is 1. The molecule has 3 fully saturated rings. The summed E-state index contributed by atoms with van der Waals surface area (Å²) in [6, 6.07) is 9.22. The second kappa shape index (κ2) is 1.84. The van der Waals surface area contributed by atoms with E-state index in [1.807, 2.05) is 0 Å². The predicted octanol–water partition coefficient (Wildman–Crippen LogP) is 1.24. The van der Waals surface area contributed by atoms with Gasteiger partial charge in [-0.15, -0.1) is 0 Å². The predicted molar refractivity (Wildman–Crippen MR) is 54.3 cm³/mol. The Morgan fingerprint density at radius 2 is 1.67 bits per heavy atom. The lowest BCUT2D eigenvalue weighted by molar-refractivity contribution is -0.124. The highest BCUT2D eigenvalue weighted by Gasteiger charge is 2.76. The van der Waals surface area contributed by atoms with Crippen molar-refractivity contribution in [3.8, 4) is 0 Å². The van der Waals surface area contributed by atoms with E-state index in [0.29, 0.717) is 35.6 Å². The standard InChI is InChI=1S/C13H11NO/c15-13-11-8-6-4-2-1-3-5(6)7-9(11)10(7)12(8)14-13/h1-4,7-12H,(H,14,15). The largest absolute Gasteiger partial charge is 0.352 e. The molecule has 2 nitrogen and oxygen atoms in total. The van der Waals surface area contributed by atoms with Crippen LogP contribution in [0, 0.1) is 17.8 Å². The van der Waals surface area contributed by atoms with E-state index in [0.717, 1.165) is 5.92 Å². The van der Waals surface area contributed by atoms with E-state index < -0.39 is 0 Å². The summed E-state index contributed by atoms with van der Waals surface area (Å²) in [6.07, 6.45) is 0. The second-order valence-corrected chi connectivity index (χ2v) is 5.40. The van der Waals surface area contributed by atoms with Gasteiger partial charge in [0.25, 0.3) is 0 Å². The van der Waals surface area contributed by atoms with Crippen LogP contribution in [-0.4, -0.2) is 11.9 Å². The number of rotatable bonds is 0. The minimum Gasteiger partial charge on any atom is -0.352 e. The lowest BCUT2D eigenvalue weighted by Gasteiger charge is -2.29.